The Bertz CT molecular complexity index is 431. The topological polar surface area (TPSA) is 99.1 Å². The van der Waals surface area contributed by atoms with Crippen molar-refractivity contribution >= 4 is 28.5 Å². The quantitative estimate of drug-likeness (QED) is 0.502. The largest absolute Gasteiger partial charge is 0.375 e. The summed E-state index contributed by atoms with van der Waals surface area (Å²) in [6.45, 7) is 0. The van der Waals surface area contributed by atoms with Crippen molar-refractivity contribution in [2.24, 2.45) is 0 Å². The minimum Gasteiger partial charge on any atom is -0.363 e. The predicted octanol–water partition coefficient (Wildman–Crippen LogP) is 1.89. The van der Waals surface area contributed by atoms with E-state index in [0.29, 0.717) is 0 Å². The fourth-order valence-electron chi connectivity index (χ4n) is 1.08. The highest BCUT2D eigenvalue weighted by Gasteiger charge is 2.30. The first kappa shape index (κ1) is 12.2. The van der Waals surface area contributed by atoms with Crippen LogP contribution < -0.4 is 5.73 Å². The number of aromatic nitrogens is 1. The van der Waals surface area contributed by atoms with Crippen LogP contribution >= 0.6 is 11.6 Å². The molecule has 2 N–H and O–H groups in total. The molecule has 1 aromatic rings. The molecule has 0 saturated carbocycles. The van der Waals surface area contributed by atoms with Gasteiger partial charge < -0.3 is 15.8 Å². The van der Waals surface area contributed by atoms with Crippen LogP contribution in [0.15, 0.2) is 6.07 Å². The van der Waals surface area contributed by atoms with Crippen LogP contribution in [0.4, 0.5) is 20.4 Å². The van der Waals surface area contributed by atoms with E-state index < -0.39 is 39.4 Å². The van der Waals surface area contributed by atoms with Gasteiger partial charge in [-0.15, -0.1) is 0 Å². The van der Waals surface area contributed by atoms with Crippen LogP contribution in [-0.2, 0) is 0 Å². The molecule has 0 aliphatic carbocycles. The third-order valence-electron chi connectivity index (χ3n) is 1.66. The Morgan fingerprint density at radius 2 is 2.19 bits per heavy atom. The summed E-state index contributed by atoms with van der Waals surface area (Å²) in [6.07, 6.45) is -3.24. The fourth-order valence-corrected chi connectivity index (χ4v) is 1.23. The molecule has 0 aromatic carbocycles. The number of carbonyl (C=O) groups is 1. The summed E-state index contributed by atoms with van der Waals surface area (Å²) >= 11 is 5.02. The number of nitro groups is 1. The third kappa shape index (κ3) is 2.22. The number of hydrogen-bond donors (Lipinski definition) is 1. The fraction of sp³-hybridized carbons (Fsp3) is 0.143. The third-order valence-corrected chi connectivity index (χ3v) is 1.86. The number of pyridine rings is 1. The number of alkyl halides is 2. The smallest absolute Gasteiger partial charge is 0.363 e. The zero-order valence-electron chi connectivity index (χ0n) is 7.49. The van der Waals surface area contributed by atoms with Crippen LogP contribution in [0, 0.1) is 10.1 Å². The van der Waals surface area contributed by atoms with Gasteiger partial charge in [0.1, 0.15) is 5.56 Å². The zero-order valence-corrected chi connectivity index (χ0v) is 8.24. The van der Waals surface area contributed by atoms with E-state index in [2.05, 4.69) is 4.98 Å². The van der Waals surface area contributed by atoms with Gasteiger partial charge in [0.2, 0.25) is 5.82 Å². The van der Waals surface area contributed by atoms with Crippen LogP contribution in [0.5, 0.6) is 0 Å². The maximum absolute atomic E-state index is 12.5. The van der Waals surface area contributed by atoms with Gasteiger partial charge in [0.25, 0.3) is 11.7 Å². The van der Waals surface area contributed by atoms with Crippen LogP contribution in [-0.4, -0.2) is 15.1 Å². The molecule has 0 saturated heterocycles. The van der Waals surface area contributed by atoms with Crippen molar-refractivity contribution in [1.29, 1.82) is 0 Å². The highest BCUT2D eigenvalue weighted by molar-refractivity contribution is 6.68. The lowest BCUT2D eigenvalue weighted by Crippen LogP contribution is -2.08. The molecule has 0 spiro atoms. The van der Waals surface area contributed by atoms with Gasteiger partial charge in [-0.2, -0.15) is 0 Å². The maximum Gasteiger partial charge on any atom is 0.375 e. The van der Waals surface area contributed by atoms with Crippen molar-refractivity contribution in [2.75, 3.05) is 5.73 Å². The number of nitrogen functional groups attached to an aromatic ring is 1. The number of halogens is 3. The standard InChI is InChI=1S/C7H4ClF2N3O3/c8-5(14)2-1-3(11)12-7(13(15)16)4(2)6(9)10/h1,6H,(H2,11,12). The lowest BCUT2D eigenvalue weighted by molar-refractivity contribution is -0.390. The number of carbonyl (C=O) groups excluding carboxylic acids is 1. The molecule has 9 heteroatoms. The summed E-state index contributed by atoms with van der Waals surface area (Å²) in [5, 5.41) is 9.20. The Labute approximate surface area is 92.2 Å². The average Bonchev–Trinajstić information content (AvgIpc) is 2.15. The van der Waals surface area contributed by atoms with Gasteiger partial charge in [-0.25, -0.2) is 8.78 Å². The summed E-state index contributed by atoms with van der Waals surface area (Å²) in [4.78, 5) is 23.3. The molecule has 0 aliphatic heterocycles. The van der Waals surface area contributed by atoms with E-state index in [-0.39, 0.29) is 0 Å². The van der Waals surface area contributed by atoms with E-state index in [0.717, 1.165) is 6.07 Å². The monoisotopic (exact) mass is 251 g/mol. The van der Waals surface area contributed by atoms with E-state index in [1.165, 1.54) is 0 Å². The van der Waals surface area contributed by atoms with Crippen molar-refractivity contribution in [3.63, 3.8) is 0 Å². The summed E-state index contributed by atoms with van der Waals surface area (Å²) in [5.41, 5.74) is 3.29. The minimum absolute atomic E-state index is 0.430. The van der Waals surface area contributed by atoms with Gasteiger partial charge in [-0.3, -0.25) is 4.79 Å². The lowest BCUT2D eigenvalue weighted by atomic mass is 10.1. The van der Waals surface area contributed by atoms with Gasteiger partial charge in [0.15, 0.2) is 0 Å². The van der Waals surface area contributed by atoms with E-state index in [1.807, 2.05) is 0 Å². The van der Waals surface area contributed by atoms with Gasteiger partial charge >= 0.3 is 5.82 Å². The Hall–Kier alpha value is -1.83. The number of anilines is 1. The highest BCUT2D eigenvalue weighted by Crippen LogP contribution is 2.32. The van der Waals surface area contributed by atoms with Gasteiger partial charge in [-0.05, 0) is 21.5 Å². The number of nitrogens with zero attached hydrogens (tertiary/aromatic N) is 2. The summed E-state index contributed by atoms with van der Waals surface area (Å²) in [5.74, 6) is -1.60. The molecule has 1 aromatic heterocycles. The van der Waals surface area contributed by atoms with E-state index in [4.69, 9.17) is 17.3 Å². The first-order chi connectivity index (χ1) is 7.34. The molecule has 0 atom stereocenters. The second-order valence-electron chi connectivity index (χ2n) is 2.66. The SMILES string of the molecule is Nc1cc(C(=O)Cl)c(C(F)F)c([N+](=O)[O-])n1. The summed E-state index contributed by atoms with van der Waals surface area (Å²) in [6, 6.07) is 0.768. The molecule has 6 nitrogen and oxygen atoms in total. The minimum atomic E-state index is -3.24. The Morgan fingerprint density at radius 1 is 1.62 bits per heavy atom. The molecule has 0 aliphatic rings. The molecule has 86 valence electrons. The van der Waals surface area contributed by atoms with Crippen LogP contribution in [0.25, 0.3) is 0 Å². The van der Waals surface area contributed by atoms with Crippen molar-refractivity contribution in [1.82, 2.24) is 4.98 Å². The average molecular weight is 252 g/mol. The molecule has 1 heterocycles. The predicted molar refractivity (Wildman–Crippen MR) is 50.4 cm³/mol. The first-order valence-corrected chi connectivity index (χ1v) is 4.15. The van der Waals surface area contributed by atoms with Crippen molar-refractivity contribution < 1.29 is 18.5 Å². The molecular weight excluding hydrogens is 248 g/mol. The van der Waals surface area contributed by atoms with E-state index >= 15 is 0 Å². The molecule has 0 radical (unpaired) electrons. The molecule has 1 rings (SSSR count). The number of hydrogen-bond acceptors (Lipinski definition) is 5. The van der Waals surface area contributed by atoms with Crippen LogP contribution in [0.2, 0.25) is 0 Å². The van der Waals surface area contributed by atoms with Crippen LogP contribution in [0.1, 0.15) is 22.3 Å². The zero-order chi connectivity index (χ0) is 12.5. The maximum atomic E-state index is 12.5. The van der Waals surface area contributed by atoms with Gasteiger partial charge in [0.05, 0.1) is 5.56 Å². The molecule has 0 bridgehead atoms. The van der Waals surface area contributed by atoms with Crippen molar-refractivity contribution in [3.05, 3.63) is 27.3 Å². The van der Waals surface area contributed by atoms with Gasteiger partial charge in [0, 0.05) is 6.07 Å². The van der Waals surface area contributed by atoms with Gasteiger partial charge in [-0.1, -0.05) is 0 Å². The normalized spacial score (nSPS) is 10.5. The molecule has 0 fully saturated rings. The second kappa shape index (κ2) is 4.35. The van der Waals surface area contributed by atoms with Crippen LogP contribution in [0.3, 0.4) is 0 Å². The molecular formula is C7H4ClF2N3O3. The Balaban J connectivity index is 3.60. The van der Waals surface area contributed by atoms with Crippen molar-refractivity contribution in [2.45, 2.75) is 6.43 Å². The van der Waals surface area contributed by atoms with E-state index in [1.54, 1.807) is 0 Å². The molecule has 16 heavy (non-hydrogen) atoms. The highest BCUT2D eigenvalue weighted by atomic mass is 35.5. The Morgan fingerprint density at radius 3 is 2.56 bits per heavy atom. The van der Waals surface area contributed by atoms with Crippen molar-refractivity contribution in [3.8, 4) is 0 Å². The summed E-state index contributed by atoms with van der Waals surface area (Å²) < 4.78 is 25.1. The Kier molecular flexibility index (Phi) is 3.33. The molecule has 0 unspecified atom stereocenters. The lowest BCUT2D eigenvalue weighted by Gasteiger charge is -2.05. The van der Waals surface area contributed by atoms with E-state index in [9.17, 15) is 23.7 Å². The summed E-state index contributed by atoms with van der Waals surface area (Å²) in [7, 11) is 0. The first-order valence-electron chi connectivity index (χ1n) is 3.77. The second-order valence-corrected chi connectivity index (χ2v) is 3.01. The number of nitrogens with two attached hydrogens (primary N) is 1. The molecule has 0 amide bonds. The number of rotatable bonds is 3.